The molecule has 0 bridgehead atoms. The van der Waals surface area contributed by atoms with E-state index in [9.17, 15) is 9.90 Å². The topological polar surface area (TPSA) is 87.7 Å². The highest BCUT2D eigenvalue weighted by molar-refractivity contribution is 6.31. The Labute approximate surface area is 227 Å². The van der Waals surface area contributed by atoms with Gasteiger partial charge in [-0.05, 0) is 66.4 Å². The average molecular weight is 532 g/mol. The molecule has 0 saturated heterocycles. The number of H-pyrrole nitrogens is 1. The average Bonchev–Trinajstić information content (AvgIpc) is 3.48. The molecule has 7 nitrogen and oxygen atoms in total. The van der Waals surface area contributed by atoms with Crippen LogP contribution in [0, 0.1) is 0 Å². The third kappa shape index (κ3) is 5.07. The Bertz CT molecular complexity index is 1420. The van der Waals surface area contributed by atoms with Crippen LogP contribution in [0.25, 0.3) is 11.3 Å². The van der Waals surface area contributed by atoms with Gasteiger partial charge in [0, 0.05) is 22.7 Å². The minimum absolute atomic E-state index is 0.0475. The summed E-state index contributed by atoms with van der Waals surface area (Å²) in [6.45, 7) is 3.28. The zero-order chi connectivity index (χ0) is 26.6. The molecule has 0 radical (unpaired) electrons. The number of carbonyl (C=O) groups excluding carboxylic acids is 1. The van der Waals surface area contributed by atoms with Crippen LogP contribution in [-0.4, -0.2) is 46.4 Å². The number of benzene rings is 3. The van der Waals surface area contributed by atoms with Crippen LogP contribution < -0.4 is 9.47 Å². The van der Waals surface area contributed by atoms with Gasteiger partial charge < -0.3 is 19.5 Å². The number of aromatic hydroxyl groups is 1. The Hall–Kier alpha value is -3.97. The van der Waals surface area contributed by atoms with Crippen LogP contribution >= 0.6 is 11.6 Å². The maximum absolute atomic E-state index is 13.7. The van der Waals surface area contributed by atoms with Crippen molar-refractivity contribution in [1.82, 2.24) is 15.1 Å². The number of rotatable bonds is 10. The summed E-state index contributed by atoms with van der Waals surface area (Å²) in [5, 5.41) is 18.5. The number of unbranched alkanes of at least 4 members (excludes halogenated alkanes) is 1. The van der Waals surface area contributed by atoms with Crippen LogP contribution in [0.1, 0.15) is 53.0 Å². The molecule has 5 rings (SSSR count). The number of nitrogens with one attached hydrogen (secondary N) is 1. The third-order valence-corrected chi connectivity index (χ3v) is 7.08. The number of hydrogen-bond acceptors (Lipinski definition) is 5. The molecule has 1 atom stereocenters. The molecule has 0 saturated carbocycles. The van der Waals surface area contributed by atoms with Gasteiger partial charge >= 0.3 is 0 Å². The fourth-order valence-corrected chi connectivity index (χ4v) is 4.97. The zero-order valence-corrected chi connectivity index (χ0v) is 22.2. The minimum Gasteiger partial charge on any atom is -0.507 e. The first kappa shape index (κ1) is 25.7. The van der Waals surface area contributed by atoms with Gasteiger partial charge in [-0.25, -0.2) is 0 Å². The van der Waals surface area contributed by atoms with E-state index in [1.165, 1.54) is 6.07 Å². The summed E-state index contributed by atoms with van der Waals surface area (Å²) in [6.07, 6.45) is 2.72. The number of fused-ring (bicyclic) bond motifs is 1. The number of methoxy groups -OCH3 is 1. The predicted octanol–water partition coefficient (Wildman–Crippen LogP) is 6.41. The molecule has 1 aliphatic rings. The molecule has 196 valence electrons. The summed E-state index contributed by atoms with van der Waals surface area (Å²) in [6, 6.07) is 20.1. The molecule has 38 heavy (non-hydrogen) atoms. The van der Waals surface area contributed by atoms with Gasteiger partial charge in [0.1, 0.15) is 28.6 Å². The van der Waals surface area contributed by atoms with Gasteiger partial charge in [0.25, 0.3) is 5.91 Å². The summed E-state index contributed by atoms with van der Waals surface area (Å²) in [4.78, 5) is 15.5. The lowest BCUT2D eigenvalue weighted by molar-refractivity contribution is 0.0746. The third-order valence-electron chi connectivity index (χ3n) is 6.84. The molecular formula is C30H30ClN3O4. The monoisotopic (exact) mass is 531 g/mol. The number of carbonyl (C=O) groups is 1. The maximum Gasteiger partial charge on any atom is 0.273 e. The normalized spacial score (nSPS) is 14.6. The predicted molar refractivity (Wildman–Crippen MR) is 147 cm³/mol. The molecule has 2 N–H and O–H groups in total. The van der Waals surface area contributed by atoms with Crippen LogP contribution in [0.3, 0.4) is 0 Å². The Morgan fingerprint density at radius 3 is 2.50 bits per heavy atom. The lowest BCUT2D eigenvalue weighted by atomic mass is 9.95. The quantitative estimate of drug-likeness (QED) is 0.231. The second-order valence-electron chi connectivity index (χ2n) is 9.29. The lowest BCUT2D eigenvalue weighted by Crippen LogP contribution is -2.31. The molecule has 0 spiro atoms. The summed E-state index contributed by atoms with van der Waals surface area (Å²) < 4.78 is 11.1. The molecule has 1 aliphatic heterocycles. The molecule has 1 aromatic heterocycles. The van der Waals surface area contributed by atoms with E-state index in [2.05, 4.69) is 17.1 Å². The molecule has 1 amide bonds. The minimum atomic E-state index is -0.396. The molecule has 3 aromatic carbocycles. The highest BCUT2D eigenvalue weighted by Gasteiger charge is 2.42. The van der Waals surface area contributed by atoms with Crippen LogP contribution in [-0.2, 0) is 6.42 Å². The maximum atomic E-state index is 13.7. The number of nitrogens with zero attached hydrogens (tertiary/aromatic N) is 2. The summed E-state index contributed by atoms with van der Waals surface area (Å²) in [5.41, 5.74) is 4.15. The number of aromatic amines is 1. The van der Waals surface area contributed by atoms with Crippen molar-refractivity contribution < 1.29 is 19.4 Å². The lowest BCUT2D eigenvalue weighted by Gasteiger charge is -2.27. The molecule has 2 heterocycles. The van der Waals surface area contributed by atoms with Crippen molar-refractivity contribution >= 4 is 17.5 Å². The SMILES string of the molecule is CCCCOc1ccc(C2c3c(-c4cc(Cl)ccc4O)n[nH]c3C(=O)N2CCc2ccc(OC)cc2)cc1. The fourth-order valence-electron chi connectivity index (χ4n) is 4.80. The summed E-state index contributed by atoms with van der Waals surface area (Å²) >= 11 is 6.25. The van der Waals surface area contributed by atoms with Crippen molar-refractivity contribution in [2.45, 2.75) is 32.2 Å². The van der Waals surface area contributed by atoms with Crippen molar-refractivity contribution in [3.63, 3.8) is 0 Å². The number of hydrogen-bond donors (Lipinski definition) is 2. The van der Waals surface area contributed by atoms with Crippen molar-refractivity contribution in [3.8, 4) is 28.5 Å². The van der Waals surface area contributed by atoms with Crippen LogP contribution in [0.4, 0.5) is 0 Å². The molecule has 8 heteroatoms. The molecule has 0 fully saturated rings. The van der Waals surface area contributed by atoms with Crippen molar-refractivity contribution in [2.24, 2.45) is 0 Å². The Morgan fingerprint density at radius 2 is 1.79 bits per heavy atom. The van der Waals surface area contributed by atoms with E-state index >= 15 is 0 Å². The first-order chi connectivity index (χ1) is 18.5. The largest absolute Gasteiger partial charge is 0.507 e. The first-order valence-corrected chi connectivity index (χ1v) is 13.1. The van der Waals surface area contributed by atoms with Gasteiger partial charge in [0.05, 0.1) is 19.8 Å². The number of aromatic nitrogens is 2. The number of amides is 1. The van der Waals surface area contributed by atoms with Crippen LogP contribution in [0.5, 0.6) is 17.2 Å². The summed E-state index contributed by atoms with van der Waals surface area (Å²) in [7, 11) is 1.64. The highest BCUT2D eigenvalue weighted by Crippen LogP contribution is 2.45. The van der Waals surface area contributed by atoms with E-state index in [4.69, 9.17) is 21.1 Å². The van der Waals surface area contributed by atoms with E-state index in [1.54, 1.807) is 19.2 Å². The molecule has 1 unspecified atom stereocenters. The second kappa shape index (κ2) is 11.2. The van der Waals surface area contributed by atoms with Crippen molar-refractivity contribution in [1.29, 1.82) is 0 Å². The Morgan fingerprint density at radius 1 is 1.05 bits per heavy atom. The van der Waals surface area contributed by atoms with E-state index in [0.717, 1.165) is 41.0 Å². The van der Waals surface area contributed by atoms with E-state index < -0.39 is 6.04 Å². The Balaban J connectivity index is 1.51. The first-order valence-electron chi connectivity index (χ1n) is 12.7. The van der Waals surface area contributed by atoms with Crippen LogP contribution in [0.2, 0.25) is 5.02 Å². The van der Waals surface area contributed by atoms with E-state index in [0.29, 0.717) is 41.5 Å². The van der Waals surface area contributed by atoms with Crippen molar-refractivity contribution in [3.05, 3.63) is 94.1 Å². The van der Waals surface area contributed by atoms with Gasteiger partial charge in [-0.3, -0.25) is 9.89 Å². The van der Waals surface area contributed by atoms with Crippen LogP contribution in [0.15, 0.2) is 66.7 Å². The number of phenols is 1. The highest BCUT2D eigenvalue weighted by atomic mass is 35.5. The summed E-state index contributed by atoms with van der Waals surface area (Å²) in [5.74, 6) is 1.49. The van der Waals surface area contributed by atoms with Gasteiger partial charge in [0.15, 0.2) is 0 Å². The van der Waals surface area contributed by atoms with Gasteiger partial charge in [-0.15, -0.1) is 0 Å². The molecule has 0 aliphatic carbocycles. The molecule has 4 aromatic rings. The van der Waals surface area contributed by atoms with Gasteiger partial charge in [0.2, 0.25) is 0 Å². The smallest absolute Gasteiger partial charge is 0.273 e. The zero-order valence-electron chi connectivity index (χ0n) is 21.4. The fraction of sp³-hybridized carbons (Fsp3) is 0.267. The van der Waals surface area contributed by atoms with E-state index in [1.807, 2.05) is 53.4 Å². The Kier molecular flexibility index (Phi) is 7.56. The number of halogens is 1. The standard InChI is InChI=1S/C30H30ClN3O4/c1-3-4-17-38-23-12-7-20(8-13-23)29-26-27(24-18-21(31)9-14-25(24)35)32-33-28(26)30(36)34(29)16-15-19-5-10-22(37-2)11-6-19/h5-14,18,29,35H,3-4,15-17H2,1-2H3,(H,32,33). The number of ether oxygens (including phenoxy) is 2. The number of phenolic OH excluding ortho intramolecular Hbond substituents is 1. The second-order valence-corrected chi connectivity index (χ2v) is 9.73. The van der Waals surface area contributed by atoms with Gasteiger partial charge in [-0.2, -0.15) is 5.10 Å². The molecular weight excluding hydrogens is 502 g/mol. The van der Waals surface area contributed by atoms with E-state index in [-0.39, 0.29) is 11.7 Å². The van der Waals surface area contributed by atoms with Crippen molar-refractivity contribution in [2.75, 3.05) is 20.3 Å². The van der Waals surface area contributed by atoms with Gasteiger partial charge in [-0.1, -0.05) is 49.2 Å².